The maximum atomic E-state index is 4.64. The lowest BCUT2D eigenvalue weighted by Crippen LogP contribution is -2.28. The largest absolute Gasteiger partial charge is 0.373 e. The first-order chi connectivity index (χ1) is 9.72. The van der Waals surface area contributed by atoms with Gasteiger partial charge in [-0.05, 0) is 32.1 Å². The minimum atomic E-state index is 0.490. The summed E-state index contributed by atoms with van der Waals surface area (Å²) in [6.45, 7) is 4.45. The van der Waals surface area contributed by atoms with Crippen LogP contribution in [0.1, 0.15) is 58.2 Å². The Labute approximate surface area is 122 Å². The number of rotatable bonds is 6. The monoisotopic (exact) mass is 276 g/mol. The Morgan fingerprint density at radius 1 is 1.20 bits per heavy atom. The van der Waals surface area contributed by atoms with Crippen LogP contribution in [0.5, 0.6) is 0 Å². The molecule has 0 bridgehead atoms. The Balaban J connectivity index is 2.04. The number of hydrogen-bond acceptors (Lipinski definition) is 4. The second-order valence-corrected chi connectivity index (χ2v) is 5.89. The minimum Gasteiger partial charge on any atom is -0.373 e. The summed E-state index contributed by atoms with van der Waals surface area (Å²) in [5.41, 5.74) is 0. The Bertz CT molecular complexity index is 413. The first-order valence-electron chi connectivity index (χ1n) is 8.05. The second-order valence-electron chi connectivity index (χ2n) is 5.89. The quantitative estimate of drug-likeness (QED) is 0.828. The third-order valence-electron chi connectivity index (χ3n) is 4.23. The summed E-state index contributed by atoms with van der Waals surface area (Å²) in [5, 5.41) is 6.72. The first kappa shape index (κ1) is 15.1. The van der Waals surface area contributed by atoms with E-state index in [9.17, 15) is 0 Å². The van der Waals surface area contributed by atoms with Crippen LogP contribution in [-0.2, 0) is 6.42 Å². The smallest absolute Gasteiger partial charge is 0.133 e. The molecule has 0 radical (unpaired) electrons. The van der Waals surface area contributed by atoms with Crippen LogP contribution in [0.15, 0.2) is 6.07 Å². The van der Waals surface area contributed by atoms with Crippen molar-refractivity contribution in [3.05, 3.63) is 11.9 Å². The Hall–Kier alpha value is -1.32. The molecule has 0 amide bonds. The number of nitrogens with one attached hydrogen (secondary N) is 2. The fourth-order valence-electron chi connectivity index (χ4n) is 3.02. The Morgan fingerprint density at radius 3 is 2.55 bits per heavy atom. The van der Waals surface area contributed by atoms with Crippen LogP contribution in [0.3, 0.4) is 0 Å². The van der Waals surface area contributed by atoms with Gasteiger partial charge in [0.1, 0.15) is 17.5 Å². The van der Waals surface area contributed by atoms with Gasteiger partial charge in [0.2, 0.25) is 0 Å². The van der Waals surface area contributed by atoms with Crippen molar-refractivity contribution in [2.45, 2.75) is 64.8 Å². The topological polar surface area (TPSA) is 49.8 Å². The molecule has 112 valence electrons. The van der Waals surface area contributed by atoms with Gasteiger partial charge in [-0.25, -0.2) is 9.97 Å². The SMILES string of the molecule is CCCc1nc(NC)cc(NC(C)C2CCCCC2)n1. The van der Waals surface area contributed by atoms with Crippen molar-refractivity contribution >= 4 is 11.6 Å². The zero-order chi connectivity index (χ0) is 14.4. The van der Waals surface area contributed by atoms with E-state index >= 15 is 0 Å². The van der Waals surface area contributed by atoms with Crippen molar-refractivity contribution in [3.8, 4) is 0 Å². The maximum Gasteiger partial charge on any atom is 0.133 e. The summed E-state index contributed by atoms with van der Waals surface area (Å²) >= 11 is 0. The minimum absolute atomic E-state index is 0.490. The van der Waals surface area contributed by atoms with Crippen molar-refractivity contribution < 1.29 is 0 Å². The number of anilines is 2. The normalized spacial score (nSPS) is 17.8. The lowest BCUT2D eigenvalue weighted by atomic mass is 9.84. The van der Waals surface area contributed by atoms with E-state index in [4.69, 9.17) is 0 Å². The molecule has 1 fully saturated rings. The van der Waals surface area contributed by atoms with Crippen LogP contribution < -0.4 is 10.6 Å². The van der Waals surface area contributed by atoms with E-state index in [1.54, 1.807) is 0 Å². The third kappa shape index (κ3) is 4.09. The molecule has 1 unspecified atom stereocenters. The highest BCUT2D eigenvalue weighted by Gasteiger charge is 2.20. The van der Waals surface area contributed by atoms with E-state index in [1.165, 1.54) is 32.1 Å². The number of nitrogens with zero attached hydrogens (tertiary/aromatic N) is 2. The molecule has 4 heteroatoms. The molecule has 1 aromatic heterocycles. The van der Waals surface area contributed by atoms with E-state index in [-0.39, 0.29) is 0 Å². The molecular weight excluding hydrogens is 248 g/mol. The van der Waals surface area contributed by atoms with Crippen LogP contribution in [-0.4, -0.2) is 23.1 Å². The van der Waals surface area contributed by atoms with Gasteiger partial charge >= 0.3 is 0 Å². The molecule has 1 aliphatic rings. The summed E-state index contributed by atoms with van der Waals surface area (Å²) in [5.74, 6) is 3.58. The molecule has 1 heterocycles. The van der Waals surface area contributed by atoms with Crippen LogP contribution in [0.4, 0.5) is 11.6 Å². The van der Waals surface area contributed by atoms with Gasteiger partial charge in [0.15, 0.2) is 0 Å². The molecule has 1 atom stereocenters. The number of hydrogen-bond donors (Lipinski definition) is 2. The van der Waals surface area contributed by atoms with Crippen LogP contribution >= 0.6 is 0 Å². The average molecular weight is 276 g/mol. The van der Waals surface area contributed by atoms with Gasteiger partial charge in [-0.1, -0.05) is 26.2 Å². The zero-order valence-corrected chi connectivity index (χ0v) is 13.1. The Morgan fingerprint density at radius 2 is 1.90 bits per heavy atom. The summed E-state index contributed by atoms with van der Waals surface area (Å²) in [6.07, 6.45) is 8.86. The highest BCUT2D eigenvalue weighted by atomic mass is 15.1. The third-order valence-corrected chi connectivity index (χ3v) is 4.23. The van der Waals surface area contributed by atoms with E-state index in [1.807, 2.05) is 13.1 Å². The van der Waals surface area contributed by atoms with Gasteiger partial charge in [0, 0.05) is 25.6 Å². The van der Waals surface area contributed by atoms with Gasteiger partial charge < -0.3 is 10.6 Å². The van der Waals surface area contributed by atoms with Gasteiger partial charge in [-0.3, -0.25) is 0 Å². The molecule has 4 nitrogen and oxygen atoms in total. The maximum absolute atomic E-state index is 4.64. The number of aromatic nitrogens is 2. The average Bonchev–Trinajstić information content (AvgIpc) is 2.48. The molecular formula is C16H28N4. The van der Waals surface area contributed by atoms with Gasteiger partial charge in [-0.2, -0.15) is 0 Å². The highest BCUT2D eigenvalue weighted by molar-refractivity contribution is 5.47. The summed E-state index contributed by atoms with van der Waals surface area (Å²) in [7, 11) is 1.91. The van der Waals surface area contributed by atoms with Crippen molar-refractivity contribution in [1.82, 2.24) is 9.97 Å². The second kappa shape index (κ2) is 7.46. The van der Waals surface area contributed by atoms with Gasteiger partial charge in [0.25, 0.3) is 0 Å². The standard InChI is InChI=1S/C16H28N4/c1-4-8-14-19-15(17-3)11-16(20-14)18-12(2)13-9-6-5-7-10-13/h11-13H,4-10H2,1-3H3,(H2,17,18,19,20). The van der Waals surface area contributed by atoms with E-state index in [0.717, 1.165) is 36.2 Å². The van der Waals surface area contributed by atoms with Crippen molar-refractivity contribution in [1.29, 1.82) is 0 Å². The molecule has 0 spiro atoms. The van der Waals surface area contributed by atoms with Crippen LogP contribution in [0.25, 0.3) is 0 Å². The summed E-state index contributed by atoms with van der Waals surface area (Å²) in [4.78, 5) is 9.14. The summed E-state index contributed by atoms with van der Waals surface area (Å²) < 4.78 is 0. The van der Waals surface area contributed by atoms with Gasteiger partial charge in [0.05, 0.1) is 0 Å². The van der Waals surface area contributed by atoms with Crippen molar-refractivity contribution in [2.75, 3.05) is 17.7 Å². The predicted molar refractivity (Wildman–Crippen MR) is 85.2 cm³/mol. The van der Waals surface area contributed by atoms with Crippen molar-refractivity contribution in [2.24, 2.45) is 5.92 Å². The zero-order valence-electron chi connectivity index (χ0n) is 13.1. The molecule has 1 saturated carbocycles. The lowest BCUT2D eigenvalue weighted by molar-refractivity contribution is 0.328. The fourth-order valence-corrected chi connectivity index (χ4v) is 3.02. The van der Waals surface area contributed by atoms with E-state index < -0.39 is 0 Å². The highest BCUT2D eigenvalue weighted by Crippen LogP contribution is 2.28. The lowest BCUT2D eigenvalue weighted by Gasteiger charge is -2.28. The molecule has 0 aromatic carbocycles. The summed E-state index contributed by atoms with van der Waals surface area (Å²) in [6, 6.07) is 2.50. The van der Waals surface area contributed by atoms with Gasteiger partial charge in [-0.15, -0.1) is 0 Å². The Kier molecular flexibility index (Phi) is 5.62. The van der Waals surface area contributed by atoms with E-state index in [2.05, 4.69) is 34.4 Å². The molecule has 0 aliphatic heterocycles. The fraction of sp³-hybridized carbons (Fsp3) is 0.750. The van der Waals surface area contributed by atoms with Crippen LogP contribution in [0.2, 0.25) is 0 Å². The molecule has 0 saturated heterocycles. The molecule has 1 aliphatic carbocycles. The first-order valence-corrected chi connectivity index (χ1v) is 8.05. The molecule has 2 N–H and O–H groups in total. The molecule has 20 heavy (non-hydrogen) atoms. The predicted octanol–water partition coefficient (Wildman–Crippen LogP) is 3.85. The number of aryl methyl sites for hydroxylation is 1. The van der Waals surface area contributed by atoms with Crippen molar-refractivity contribution in [3.63, 3.8) is 0 Å². The van der Waals surface area contributed by atoms with E-state index in [0.29, 0.717) is 6.04 Å². The molecule has 2 rings (SSSR count). The molecule has 1 aromatic rings. The van der Waals surface area contributed by atoms with Crippen LogP contribution in [0, 0.1) is 5.92 Å².